The number of ether oxygens (including phenoxy) is 1. The Labute approximate surface area is 123 Å². The van der Waals surface area contributed by atoms with Gasteiger partial charge in [-0.15, -0.1) is 0 Å². The second kappa shape index (κ2) is 5.48. The van der Waals surface area contributed by atoms with Crippen LogP contribution in [0.5, 0.6) is 0 Å². The van der Waals surface area contributed by atoms with Gasteiger partial charge in [-0.3, -0.25) is 4.79 Å². The highest BCUT2D eigenvalue weighted by molar-refractivity contribution is 5.87. The zero-order chi connectivity index (χ0) is 15.0. The number of hydrogen-bond acceptors (Lipinski definition) is 3. The third-order valence-corrected chi connectivity index (χ3v) is 4.00. The molecule has 5 heteroatoms. The van der Waals surface area contributed by atoms with E-state index in [1.807, 2.05) is 4.57 Å². The van der Waals surface area contributed by atoms with E-state index in [1.54, 1.807) is 19.1 Å². The number of carbonyl (C=O) groups excluding carboxylic acids is 1. The number of esters is 1. The molecule has 0 bridgehead atoms. The Morgan fingerprint density at radius 2 is 2.24 bits per heavy atom. The maximum absolute atomic E-state index is 13.6. The summed E-state index contributed by atoms with van der Waals surface area (Å²) in [6.07, 6.45) is 0.863. The molecule has 0 N–H and O–H groups in total. The van der Waals surface area contributed by atoms with E-state index in [9.17, 15) is 9.18 Å². The van der Waals surface area contributed by atoms with Gasteiger partial charge in [0.15, 0.2) is 0 Å². The molecule has 1 aromatic heterocycles. The van der Waals surface area contributed by atoms with Crippen LogP contribution in [0.2, 0.25) is 0 Å². The summed E-state index contributed by atoms with van der Waals surface area (Å²) in [4.78, 5) is 14.1. The van der Waals surface area contributed by atoms with E-state index in [0.29, 0.717) is 6.61 Å². The van der Waals surface area contributed by atoms with Crippen molar-refractivity contribution >= 4 is 16.9 Å². The van der Waals surface area contributed by atoms with E-state index in [2.05, 4.69) is 11.9 Å². The van der Waals surface area contributed by atoms with Crippen LogP contribution in [0, 0.1) is 5.82 Å². The number of aromatic nitrogens is 1. The van der Waals surface area contributed by atoms with E-state index < -0.39 is 0 Å². The van der Waals surface area contributed by atoms with Crippen LogP contribution in [-0.4, -0.2) is 35.6 Å². The molecule has 3 rings (SSSR count). The molecule has 0 aliphatic carbocycles. The second-order valence-electron chi connectivity index (χ2n) is 5.47. The van der Waals surface area contributed by atoms with Crippen molar-refractivity contribution in [1.82, 2.24) is 9.47 Å². The van der Waals surface area contributed by atoms with Gasteiger partial charge < -0.3 is 14.2 Å². The lowest BCUT2D eigenvalue weighted by Crippen LogP contribution is -2.28. The van der Waals surface area contributed by atoms with Crippen LogP contribution >= 0.6 is 0 Å². The Balaban J connectivity index is 2.12. The molecule has 1 aromatic carbocycles. The monoisotopic (exact) mass is 290 g/mol. The van der Waals surface area contributed by atoms with Gasteiger partial charge in [0.25, 0.3) is 0 Å². The van der Waals surface area contributed by atoms with E-state index in [1.165, 1.54) is 6.07 Å². The molecule has 0 radical (unpaired) electrons. The van der Waals surface area contributed by atoms with Crippen molar-refractivity contribution in [2.75, 3.05) is 20.2 Å². The molecular formula is C16H19FN2O2. The van der Waals surface area contributed by atoms with E-state index in [4.69, 9.17) is 4.74 Å². The first-order chi connectivity index (χ1) is 10.1. The molecule has 21 heavy (non-hydrogen) atoms. The first kappa shape index (κ1) is 14.1. The van der Waals surface area contributed by atoms with Crippen LogP contribution in [0.4, 0.5) is 4.39 Å². The Morgan fingerprint density at radius 3 is 3.00 bits per heavy atom. The molecule has 0 unspecified atom stereocenters. The number of rotatable bonds is 3. The molecule has 112 valence electrons. The summed E-state index contributed by atoms with van der Waals surface area (Å²) in [6.45, 7) is 4.08. The molecule has 0 saturated heterocycles. The third-order valence-electron chi connectivity index (χ3n) is 4.00. The highest BCUT2D eigenvalue weighted by Crippen LogP contribution is 2.31. The molecule has 0 amide bonds. The first-order valence-electron chi connectivity index (χ1n) is 7.23. The Morgan fingerprint density at radius 1 is 1.43 bits per heavy atom. The highest BCUT2D eigenvalue weighted by atomic mass is 19.1. The van der Waals surface area contributed by atoms with Gasteiger partial charge in [-0.1, -0.05) is 0 Å². The quantitative estimate of drug-likeness (QED) is 0.814. The third kappa shape index (κ3) is 2.53. The summed E-state index contributed by atoms with van der Waals surface area (Å²) in [6, 6.07) is 4.76. The van der Waals surface area contributed by atoms with Crippen LogP contribution in [0.15, 0.2) is 18.2 Å². The minimum Gasteiger partial charge on any atom is -0.465 e. The average molecular weight is 290 g/mol. The minimum absolute atomic E-state index is 0.190. The number of fused-ring (bicyclic) bond motifs is 3. The molecule has 2 heterocycles. The van der Waals surface area contributed by atoms with Gasteiger partial charge in [0.1, 0.15) is 12.4 Å². The minimum atomic E-state index is -0.250. The number of benzene rings is 1. The molecule has 1 aliphatic heterocycles. The number of carbonyl (C=O) groups is 1. The van der Waals surface area contributed by atoms with Crippen LogP contribution in [0.25, 0.3) is 10.9 Å². The summed E-state index contributed by atoms with van der Waals surface area (Å²) in [5.41, 5.74) is 3.16. The molecule has 4 nitrogen and oxygen atoms in total. The maximum Gasteiger partial charge on any atom is 0.325 e. The summed E-state index contributed by atoms with van der Waals surface area (Å²) in [7, 11) is 2.05. The van der Waals surface area contributed by atoms with E-state index in [-0.39, 0.29) is 18.3 Å². The fraction of sp³-hybridized carbons (Fsp3) is 0.438. The summed E-state index contributed by atoms with van der Waals surface area (Å²) >= 11 is 0. The van der Waals surface area contributed by atoms with Gasteiger partial charge in [-0.25, -0.2) is 4.39 Å². The largest absolute Gasteiger partial charge is 0.465 e. The molecule has 0 saturated carbocycles. The second-order valence-corrected chi connectivity index (χ2v) is 5.47. The molecule has 0 spiro atoms. The normalized spacial score (nSPS) is 15.2. The number of halogens is 1. The molecular weight excluding hydrogens is 271 g/mol. The predicted octanol–water partition coefficient (Wildman–Crippen LogP) is 2.33. The van der Waals surface area contributed by atoms with Crippen molar-refractivity contribution < 1.29 is 13.9 Å². The predicted molar refractivity (Wildman–Crippen MR) is 78.6 cm³/mol. The molecule has 0 atom stereocenters. The van der Waals surface area contributed by atoms with Gasteiger partial charge >= 0.3 is 5.97 Å². The maximum atomic E-state index is 13.6. The highest BCUT2D eigenvalue weighted by Gasteiger charge is 2.23. The topological polar surface area (TPSA) is 34.5 Å². The number of likely N-dealkylation sites (N-methyl/N-ethyl adjacent to an activating group) is 1. The van der Waals surface area contributed by atoms with E-state index >= 15 is 0 Å². The lowest BCUT2D eigenvalue weighted by Gasteiger charge is -2.24. The van der Waals surface area contributed by atoms with Gasteiger partial charge in [-0.2, -0.15) is 0 Å². The van der Waals surface area contributed by atoms with Gasteiger partial charge in [0.05, 0.1) is 6.61 Å². The van der Waals surface area contributed by atoms with Gasteiger partial charge in [0, 0.05) is 36.1 Å². The Bertz CT molecular complexity index is 693. The van der Waals surface area contributed by atoms with Crippen LogP contribution in [0.3, 0.4) is 0 Å². The lowest BCUT2D eigenvalue weighted by atomic mass is 10.1. The zero-order valence-corrected chi connectivity index (χ0v) is 12.4. The van der Waals surface area contributed by atoms with Crippen molar-refractivity contribution in [2.24, 2.45) is 0 Å². The summed E-state index contributed by atoms with van der Waals surface area (Å²) < 4.78 is 20.6. The summed E-state index contributed by atoms with van der Waals surface area (Å²) in [5, 5.41) is 0.904. The molecule has 1 aliphatic rings. The Kier molecular flexibility index (Phi) is 3.68. The van der Waals surface area contributed by atoms with Crippen molar-refractivity contribution in [3.05, 3.63) is 35.3 Å². The summed E-state index contributed by atoms with van der Waals surface area (Å²) in [5.74, 6) is -0.493. The van der Waals surface area contributed by atoms with Crippen LogP contribution in [0.1, 0.15) is 18.2 Å². The first-order valence-corrected chi connectivity index (χ1v) is 7.23. The molecule has 2 aromatic rings. The van der Waals surface area contributed by atoms with Crippen LogP contribution in [-0.2, 0) is 29.0 Å². The van der Waals surface area contributed by atoms with Crippen molar-refractivity contribution in [1.29, 1.82) is 0 Å². The SMILES string of the molecule is CCOC(=O)Cn1c2c(c3cc(F)ccc31)CN(C)CC2. The van der Waals surface area contributed by atoms with Gasteiger partial charge in [-0.05, 0) is 37.7 Å². The number of nitrogens with zero attached hydrogens (tertiary/aromatic N) is 2. The smallest absolute Gasteiger partial charge is 0.325 e. The van der Waals surface area contributed by atoms with E-state index in [0.717, 1.165) is 41.7 Å². The average Bonchev–Trinajstić information content (AvgIpc) is 2.72. The van der Waals surface area contributed by atoms with Crippen LogP contribution < -0.4 is 0 Å². The standard InChI is InChI=1S/C16H19FN2O2/c1-3-21-16(20)10-19-14-5-4-11(17)8-12(14)13-9-18(2)7-6-15(13)19/h4-5,8H,3,6-7,9-10H2,1-2H3. The van der Waals surface area contributed by atoms with Crippen molar-refractivity contribution in [2.45, 2.75) is 26.4 Å². The number of hydrogen-bond donors (Lipinski definition) is 0. The van der Waals surface area contributed by atoms with Gasteiger partial charge in [0.2, 0.25) is 0 Å². The zero-order valence-electron chi connectivity index (χ0n) is 12.4. The fourth-order valence-corrected chi connectivity index (χ4v) is 3.07. The lowest BCUT2D eigenvalue weighted by molar-refractivity contribution is -0.143. The van der Waals surface area contributed by atoms with Crippen molar-refractivity contribution in [3.63, 3.8) is 0 Å². The fourth-order valence-electron chi connectivity index (χ4n) is 3.07. The van der Waals surface area contributed by atoms with Crippen molar-refractivity contribution in [3.8, 4) is 0 Å². The molecule has 0 fully saturated rings. The Hall–Kier alpha value is -1.88.